The summed E-state index contributed by atoms with van der Waals surface area (Å²) in [5, 5.41) is 7.63. The third kappa shape index (κ3) is 6.90. The number of thioether (sulfide) groups is 1. The zero-order valence-electron chi connectivity index (χ0n) is 16.2. The summed E-state index contributed by atoms with van der Waals surface area (Å²) in [6, 6.07) is 9.19. The van der Waals surface area contributed by atoms with E-state index in [-0.39, 0.29) is 0 Å². The second-order valence-corrected chi connectivity index (χ2v) is 8.40. The highest BCUT2D eigenvalue weighted by atomic mass is 32.2. The molecule has 0 spiro atoms. The Bertz CT molecular complexity index is 538. The third-order valence-corrected chi connectivity index (χ3v) is 6.09. The molecule has 1 aliphatic rings. The van der Waals surface area contributed by atoms with E-state index in [9.17, 15) is 0 Å². The third-order valence-electron chi connectivity index (χ3n) is 4.69. The van der Waals surface area contributed by atoms with Gasteiger partial charge in [0.2, 0.25) is 0 Å². The fraction of sp³-hybridized carbons (Fsp3) is 0.650. The number of nitrogens with one attached hydrogen (secondary N) is 2. The van der Waals surface area contributed by atoms with E-state index in [4.69, 9.17) is 4.99 Å². The minimum Gasteiger partial charge on any atom is -0.357 e. The van der Waals surface area contributed by atoms with Gasteiger partial charge in [-0.3, -0.25) is 4.90 Å². The molecule has 0 aliphatic carbocycles. The predicted octanol–water partition coefficient (Wildman–Crippen LogP) is 3.48. The molecule has 1 atom stereocenters. The second kappa shape index (κ2) is 10.7. The Balaban J connectivity index is 1.98. The molecule has 2 N–H and O–H groups in total. The summed E-state index contributed by atoms with van der Waals surface area (Å²) in [5.41, 5.74) is 2.67. The highest BCUT2D eigenvalue weighted by Crippen LogP contribution is 2.25. The molecule has 1 unspecified atom stereocenters. The zero-order chi connectivity index (χ0) is 18.1. The molecular weight excluding hydrogens is 328 g/mol. The first-order valence-corrected chi connectivity index (χ1v) is 10.6. The van der Waals surface area contributed by atoms with Crippen molar-refractivity contribution in [2.75, 3.05) is 25.9 Å². The van der Waals surface area contributed by atoms with Gasteiger partial charge < -0.3 is 10.6 Å². The summed E-state index contributed by atoms with van der Waals surface area (Å²) in [4.78, 5) is 7.19. The van der Waals surface area contributed by atoms with Crippen LogP contribution in [0.15, 0.2) is 29.3 Å². The molecule has 0 bridgehead atoms. The van der Waals surface area contributed by atoms with Crippen LogP contribution >= 0.6 is 11.8 Å². The molecule has 1 aromatic carbocycles. The molecule has 140 valence electrons. The van der Waals surface area contributed by atoms with Gasteiger partial charge in [-0.05, 0) is 57.5 Å². The average molecular weight is 363 g/mol. The summed E-state index contributed by atoms with van der Waals surface area (Å²) in [6.45, 7) is 10.2. The Morgan fingerprint density at radius 3 is 2.68 bits per heavy atom. The lowest BCUT2D eigenvalue weighted by atomic mass is 10.1. The summed E-state index contributed by atoms with van der Waals surface area (Å²) >= 11 is 2.08. The van der Waals surface area contributed by atoms with E-state index in [2.05, 4.69) is 79.4 Å². The molecule has 1 fully saturated rings. The van der Waals surface area contributed by atoms with Crippen molar-refractivity contribution >= 4 is 17.7 Å². The maximum absolute atomic E-state index is 4.82. The lowest BCUT2D eigenvalue weighted by molar-refractivity contribution is 0.265. The summed E-state index contributed by atoms with van der Waals surface area (Å²) in [5.74, 6) is 2.23. The number of rotatable bonds is 8. The van der Waals surface area contributed by atoms with Crippen LogP contribution in [0.1, 0.15) is 44.7 Å². The van der Waals surface area contributed by atoms with E-state index >= 15 is 0 Å². The molecular formula is C20H34N4S. The number of hydrogen-bond donors (Lipinski definition) is 2. The topological polar surface area (TPSA) is 39.7 Å². The Morgan fingerprint density at radius 2 is 2.04 bits per heavy atom. The molecule has 1 aliphatic heterocycles. The normalized spacial score (nSPS) is 18.2. The number of aliphatic imine (C=N–C) groups is 1. The van der Waals surface area contributed by atoms with Crippen molar-refractivity contribution in [2.24, 2.45) is 4.99 Å². The molecule has 0 amide bonds. The van der Waals surface area contributed by atoms with E-state index < -0.39 is 0 Å². The van der Waals surface area contributed by atoms with Gasteiger partial charge in [0, 0.05) is 30.9 Å². The first-order chi connectivity index (χ1) is 12.1. The van der Waals surface area contributed by atoms with Crippen LogP contribution in [0.3, 0.4) is 0 Å². The number of hydrogen-bond acceptors (Lipinski definition) is 3. The highest BCUT2D eigenvalue weighted by molar-refractivity contribution is 8.00. The Labute approximate surface area is 157 Å². The number of benzene rings is 1. The van der Waals surface area contributed by atoms with Gasteiger partial charge in [0.25, 0.3) is 0 Å². The monoisotopic (exact) mass is 362 g/mol. The van der Waals surface area contributed by atoms with E-state index in [0.29, 0.717) is 6.04 Å². The quantitative estimate of drug-likeness (QED) is 0.549. The van der Waals surface area contributed by atoms with Crippen LogP contribution in [0.5, 0.6) is 0 Å². The lowest BCUT2D eigenvalue weighted by Crippen LogP contribution is -2.40. The van der Waals surface area contributed by atoms with Gasteiger partial charge in [0.15, 0.2) is 5.96 Å². The van der Waals surface area contributed by atoms with Crippen molar-refractivity contribution in [1.29, 1.82) is 0 Å². The van der Waals surface area contributed by atoms with Gasteiger partial charge in [-0.1, -0.05) is 24.3 Å². The Hall–Kier alpha value is -1.20. The van der Waals surface area contributed by atoms with Crippen molar-refractivity contribution in [3.8, 4) is 0 Å². The minimum atomic E-state index is 0.541. The molecule has 4 nitrogen and oxygen atoms in total. The van der Waals surface area contributed by atoms with Crippen LogP contribution in [0, 0.1) is 0 Å². The Kier molecular flexibility index (Phi) is 8.62. The zero-order valence-corrected chi connectivity index (χ0v) is 17.0. The second-order valence-electron chi connectivity index (χ2n) is 6.99. The van der Waals surface area contributed by atoms with Crippen LogP contribution in [0.2, 0.25) is 0 Å². The molecule has 1 saturated heterocycles. The van der Waals surface area contributed by atoms with Crippen molar-refractivity contribution in [1.82, 2.24) is 15.5 Å². The van der Waals surface area contributed by atoms with Gasteiger partial charge in [-0.15, -0.1) is 0 Å². The molecule has 0 aromatic heterocycles. The van der Waals surface area contributed by atoms with E-state index in [1.807, 2.05) is 0 Å². The van der Waals surface area contributed by atoms with Crippen molar-refractivity contribution < 1.29 is 0 Å². The van der Waals surface area contributed by atoms with Crippen LogP contribution in [-0.2, 0) is 13.1 Å². The smallest absolute Gasteiger partial charge is 0.191 e. The first kappa shape index (κ1) is 20.1. The van der Waals surface area contributed by atoms with Gasteiger partial charge >= 0.3 is 0 Å². The molecule has 5 heteroatoms. The lowest BCUT2D eigenvalue weighted by Gasteiger charge is -2.22. The highest BCUT2D eigenvalue weighted by Gasteiger charge is 2.15. The van der Waals surface area contributed by atoms with Crippen LogP contribution in [0.4, 0.5) is 0 Å². The molecule has 25 heavy (non-hydrogen) atoms. The van der Waals surface area contributed by atoms with Crippen molar-refractivity contribution in [2.45, 2.75) is 58.0 Å². The standard InChI is InChI=1S/C20H34N4S/c1-5-21-20(23-14-19-11-8-12-25-19)22-13-17-9-6-7-10-18(17)15-24(4)16(2)3/h6-7,9-10,16,19H,5,8,11-15H2,1-4H3,(H2,21,22,23). The van der Waals surface area contributed by atoms with E-state index in [1.165, 1.54) is 29.7 Å². The van der Waals surface area contributed by atoms with Gasteiger partial charge in [0.05, 0.1) is 6.54 Å². The van der Waals surface area contributed by atoms with E-state index in [0.717, 1.165) is 37.4 Å². The minimum absolute atomic E-state index is 0.541. The van der Waals surface area contributed by atoms with E-state index in [1.54, 1.807) is 0 Å². The van der Waals surface area contributed by atoms with Crippen molar-refractivity contribution in [3.05, 3.63) is 35.4 Å². The summed E-state index contributed by atoms with van der Waals surface area (Å²) in [6.07, 6.45) is 2.67. The van der Waals surface area contributed by atoms with Gasteiger partial charge in [-0.25, -0.2) is 4.99 Å². The number of guanidine groups is 1. The molecule has 1 aromatic rings. The van der Waals surface area contributed by atoms with Crippen LogP contribution in [0.25, 0.3) is 0 Å². The molecule has 0 radical (unpaired) electrons. The van der Waals surface area contributed by atoms with Gasteiger partial charge in [0.1, 0.15) is 0 Å². The first-order valence-electron chi connectivity index (χ1n) is 9.51. The predicted molar refractivity (Wildman–Crippen MR) is 111 cm³/mol. The molecule has 0 saturated carbocycles. The summed E-state index contributed by atoms with van der Waals surface area (Å²) in [7, 11) is 2.18. The largest absolute Gasteiger partial charge is 0.357 e. The Morgan fingerprint density at radius 1 is 1.28 bits per heavy atom. The molecule has 1 heterocycles. The SMILES string of the molecule is CCNC(=NCc1ccccc1CN(C)C(C)C)NCC1CCCS1. The van der Waals surface area contributed by atoms with Gasteiger partial charge in [-0.2, -0.15) is 11.8 Å². The fourth-order valence-corrected chi connectivity index (χ4v) is 4.04. The van der Waals surface area contributed by atoms with Crippen LogP contribution in [-0.4, -0.2) is 48.0 Å². The van der Waals surface area contributed by atoms with Crippen molar-refractivity contribution in [3.63, 3.8) is 0 Å². The average Bonchev–Trinajstić information content (AvgIpc) is 3.12. The van der Waals surface area contributed by atoms with Crippen LogP contribution < -0.4 is 10.6 Å². The summed E-state index contributed by atoms with van der Waals surface area (Å²) < 4.78 is 0. The fourth-order valence-electron chi connectivity index (χ4n) is 2.84. The maximum atomic E-state index is 4.82. The molecule has 2 rings (SSSR count). The number of nitrogens with zero attached hydrogens (tertiary/aromatic N) is 2. The maximum Gasteiger partial charge on any atom is 0.191 e.